The molecule has 15 heavy (non-hydrogen) atoms. The molecular weight excluding hydrogens is 252 g/mol. The molecule has 1 aliphatic heterocycles. The van der Waals surface area contributed by atoms with Crippen molar-refractivity contribution in [2.75, 3.05) is 26.7 Å². The monoisotopic (exact) mass is 268 g/mol. The lowest BCUT2D eigenvalue weighted by molar-refractivity contribution is 0.182. The summed E-state index contributed by atoms with van der Waals surface area (Å²) in [5.41, 5.74) is 1.40. The maximum absolute atomic E-state index is 3.58. The van der Waals surface area contributed by atoms with Crippen molar-refractivity contribution in [3.8, 4) is 0 Å². The summed E-state index contributed by atoms with van der Waals surface area (Å²) in [5, 5.41) is 3.30. The van der Waals surface area contributed by atoms with E-state index in [1.54, 1.807) is 0 Å². The van der Waals surface area contributed by atoms with Crippen LogP contribution in [-0.4, -0.2) is 37.6 Å². The van der Waals surface area contributed by atoms with Gasteiger partial charge in [-0.25, -0.2) is 0 Å². The van der Waals surface area contributed by atoms with Crippen LogP contribution in [0.3, 0.4) is 0 Å². The highest BCUT2D eigenvalue weighted by Gasteiger charge is 2.20. The molecular formula is C12H17BrN2. The molecule has 2 rings (SSSR count). The van der Waals surface area contributed by atoms with Crippen molar-refractivity contribution in [2.24, 2.45) is 0 Å². The topological polar surface area (TPSA) is 15.3 Å². The van der Waals surface area contributed by atoms with E-state index >= 15 is 0 Å². The third-order valence-corrected chi connectivity index (χ3v) is 3.85. The molecule has 0 aliphatic carbocycles. The molecule has 0 unspecified atom stereocenters. The normalized spacial score (nSPS) is 16.7. The van der Waals surface area contributed by atoms with Gasteiger partial charge in [0.05, 0.1) is 0 Å². The number of likely N-dealkylation sites (N-methyl/N-ethyl adjacent to an activating group) is 1. The van der Waals surface area contributed by atoms with E-state index in [2.05, 4.69) is 57.5 Å². The summed E-state index contributed by atoms with van der Waals surface area (Å²) in [6, 6.07) is 9.21. The average Bonchev–Trinajstić information content (AvgIpc) is 2.14. The third kappa shape index (κ3) is 2.80. The Kier molecular flexibility index (Phi) is 3.78. The van der Waals surface area contributed by atoms with E-state index in [1.165, 1.54) is 10.0 Å². The first kappa shape index (κ1) is 11.1. The van der Waals surface area contributed by atoms with Crippen LogP contribution in [0.2, 0.25) is 0 Å². The van der Waals surface area contributed by atoms with Crippen LogP contribution in [0, 0.1) is 0 Å². The second-order valence-electron chi connectivity index (χ2n) is 4.13. The molecule has 0 radical (unpaired) electrons. The summed E-state index contributed by atoms with van der Waals surface area (Å²) in [7, 11) is 2.21. The largest absolute Gasteiger partial charge is 0.314 e. The van der Waals surface area contributed by atoms with Crippen LogP contribution in [0.4, 0.5) is 0 Å². The van der Waals surface area contributed by atoms with E-state index in [9.17, 15) is 0 Å². The van der Waals surface area contributed by atoms with Crippen molar-refractivity contribution in [1.82, 2.24) is 10.2 Å². The fraction of sp³-hybridized carbons (Fsp3) is 0.500. The Morgan fingerprint density at radius 1 is 1.40 bits per heavy atom. The van der Waals surface area contributed by atoms with Crippen LogP contribution >= 0.6 is 15.9 Å². The second-order valence-corrected chi connectivity index (χ2v) is 4.99. The molecule has 1 aromatic rings. The maximum Gasteiger partial charge on any atom is 0.0342 e. The Bertz CT molecular complexity index is 323. The molecule has 1 fully saturated rings. The van der Waals surface area contributed by atoms with Crippen LogP contribution in [0.15, 0.2) is 28.7 Å². The highest BCUT2D eigenvalue weighted by atomic mass is 79.9. The Labute approximate surface area is 99.8 Å². The van der Waals surface area contributed by atoms with Crippen molar-refractivity contribution >= 4 is 15.9 Å². The lowest BCUT2D eigenvalue weighted by Gasteiger charge is -2.35. The van der Waals surface area contributed by atoms with Crippen molar-refractivity contribution in [3.05, 3.63) is 34.3 Å². The Morgan fingerprint density at radius 3 is 2.73 bits per heavy atom. The van der Waals surface area contributed by atoms with Gasteiger partial charge in [0, 0.05) is 30.1 Å². The number of rotatable bonds is 4. The van der Waals surface area contributed by atoms with E-state index in [0.29, 0.717) is 0 Å². The van der Waals surface area contributed by atoms with E-state index < -0.39 is 0 Å². The van der Waals surface area contributed by atoms with Crippen LogP contribution in [0.5, 0.6) is 0 Å². The van der Waals surface area contributed by atoms with Gasteiger partial charge < -0.3 is 10.2 Å². The van der Waals surface area contributed by atoms with Crippen molar-refractivity contribution in [1.29, 1.82) is 0 Å². The minimum absolute atomic E-state index is 0.743. The molecule has 0 spiro atoms. The molecule has 0 amide bonds. The van der Waals surface area contributed by atoms with Gasteiger partial charge in [-0.05, 0) is 25.1 Å². The van der Waals surface area contributed by atoms with E-state index in [4.69, 9.17) is 0 Å². The van der Waals surface area contributed by atoms with Gasteiger partial charge in [0.1, 0.15) is 0 Å². The zero-order valence-electron chi connectivity index (χ0n) is 9.04. The van der Waals surface area contributed by atoms with Gasteiger partial charge in [-0.3, -0.25) is 0 Å². The third-order valence-electron chi connectivity index (χ3n) is 3.07. The van der Waals surface area contributed by atoms with Gasteiger partial charge in [-0.2, -0.15) is 0 Å². The zero-order valence-corrected chi connectivity index (χ0v) is 10.6. The van der Waals surface area contributed by atoms with E-state index in [-0.39, 0.29) is 0 Å². The fourth-order valence-corrected chi connectivity index (χ4v) is 2.25. The molecule has 1 heterocycles. The number of nitrogens with one attached hydrogen (secondary N) is 1. The summed E-state index contributed by atoms with van der Waals surface area (Å²) in [6.07, 6.45) is 1.12. The predicted octanol–water partition coefficient (Wildman–Crippen LogP) is 1.90. The van der Waals surface area contributed by atoms with Gasteiger partial charge in [0.2, 0.25) is 0 Å². The molecule has 1 aromatic carbocycles. The Hall–Kier alpha value is -0.380. The van der Waals surface area contributed by atoms with Crippen LogP contribution in [0.1, 0.15) is 5.56 Å². The minimum Gasteiger partial charge on any atom is -0.314 e. The van der Waals surface area contributed by atoms with Crippen molar-refractivity contribution in [3.63, 3.8) is 0 Å². The summed E-state index contributed by atoms with van der Waals surface area (Å²) in [4.78, 5) is 2.44. The Balaban J connectivity index is 1.84. The highest BCUT2D eigenvalue weighted by molar-refractivity contribution is 9.10. The molecule has 1 N–H and O–H groups in total. The number of hydrogen-bond acceptors (Lipinski definition) is 2. The van der Waals surface area contributed by atoms with Crippen molar-refractivity contribution in [2.45, 2.75) is 12.5 Å². The molecule has 0 atom stereocenters. The number of halogens is 1. The minimum atomic E-state index is 0.743. The lowest BCUT2D eigenvalue weighted by Crippen LogP contribution is -2.56. The number of benzene rings is 1. The SMILES string of the molecule is CN(CCc1ccccc1Br)C1CNC1. The Morgan fingerprint density at radius 2 is 2.13 bits per heavy atom. The molecule has 0 bridgehead atoms. The summed E-state index contributed by atoms with van der Waals surface area (Å²) in [6.45, 7) is 3.42. The average molecular weight is 269 g/mol. The van der Waals surface area contributed by atoms with E-state index in [1.807, 2.05) is 0 Å². The quantitative estimate of drug-likeness (QED) is 0.898. The first-order chi connectivity index (χ1) is 7.27. The molecule has 3 heteroatoms. The van der Waals surface area contributed by atoms with Crippen LogP contribution < -0.4 is 5.32 Å². The summed E-state index contributed by atoms with van der Waals surface area (Å²) in [5.74, 6) is 0. The lowest BCUT2D eigenvalue weighted by atomic mass is 10.1. The number of nitrogens with zero attached hydrogens (tertiary/aromatic N) is 1. The second kappa shape index (κ2) is 5.10. The standard InChI is InChI=1S/C12H17BrN2/c1-15(11-8-14-9-11)7-6-10-4-2-3-5-12(10)13/h2-5,11,14H,6-9H2,1H3. The van der Waals surface area contributed by atoms with E-state index in [0.717, 1.165) is 32.1 Å². The van der Waals surface area contributed by atoms with Gasteiger partial charge in [-0.1, -0.05) is 34.1 Å². The summed E-state index contributed by atoms with van der Waals surface area (Å²) < 4.78 is 1.23. The van der Waals surface area contributed by atoms with Crippen LogP contribution in [0.25, 0.3) is 0 Å². The van der Waals surface area contributed by atoms with Crippen molar-refractivity contribution < 1.29 is 0 Å². The molecule has 1 aliphatic rings. The first-order valence-electron chi connectivity index (χ1n) is 5.42. The highest BCUT2D eigenvalue weighted by Crippen LogP contribution is 2.16. The fourth-order valence-electron chi connectivity index (χ4n) is 1.77. The van der Waals surface area contributed by atoms with Gasteiger partial charge in [0.15, 0.2) is 0 Å². The zero-order chi connectivity index (χ0) is 10.7. The molecule has 2 nitrogen and oxygen atoms in total. The molecule has 0 aromatic heterocycles. The smallest absolute Gasteiger partial charge is 0.0342 e. The van der Waals surface area contributed by atoms with Gasteiger partial charge in [0.25, 0.3) is 0 Å². The maximum atomic E-state index is 3.58. The molecule has 1 saturated heterocycles. The summed E-state index contributed by atoms with van der Waals surface area (Å²) >= 11 is 3.58. The first-order valence-corrected chi connectivity index (χ1v) is 6.21. The van der Waals surface area contributed by atoms with Gasteiger partial charge >= 0.3 is 0 Å². The number of hydrogen-bond donors (Lipinski definition) is 1. The molecule has 82 valence electrons. The predicted molar refractivity (Wildman–Crippen MR) is 67.1 cm³/mol. The van der Waals surface area contributed by atoms with Gasteiger partial charge in [-0.15, -0.1) is 0 Å². The molecule has 0 saturated carbocycles. The van der Waals surface area contributed by atoms with Crippen LogP contribution in [-0.2, 0) is 6.42 Å².